The predicted molar refractivity (Wildman–Crippen MR) is 71.9 cm³/mol. The lowest BCUT2D eigenvalue weighted by Crippen LogP contribution is -2.47. The van der Waals surface area contributed by atoms with Crippen molar-refractivity contribution in [2.45, 2.75) is 31.6 Å². The van der Waals surface area contributed by atoms with Crippen LogP contribution in [0.2, 0.25) is 0 Å². The maximum atomic E-state index is 11.6. The smallest absolute Gasteiger partial charge is 0.314 e. The van der Waals surface area contributed by atoms with Crippen molar-refractivity contribution in [2.24, 2.45) is 5.92 Å². The van der Waals surface area contributed by atoms with Gasteiger partial charge in [-0.2, -0.15) is 0 Å². The third kappa shape index (κ3) is 2.15. The summed E-state index contributed by atoms with van der Waals surface area (Å²) >= 11 is 0. The van der Waals surface area contributed by atoms with Gasteiger partial charge in [-0.3, -0.25) is 4.79 Å². The lowest BCUT2D eigenvalue weighted by atomic mass is 9.58. The van der Waals surface area contributed by atoms with E-state index in [-0.39, 0.29) is 0 Å². The number of methoxy groups -OCH3 is 2. The van der Waals surface area contributed by atoms with Gasteiger partial charge < -0.3 is 14.6 Å². The Morgan fingerprint density at radius 2 is 1.95 bits per heavy atom. The average Bonchev–Trinajstić information content (AvgIpc) is 2.37. The molecule has 104 valence electrons. The number of ether oxygens (including phenoxy) is 2. The Labute approximate surface area is 113 Å². The highest BCUT2D eigenvalue weighted by Gasteiger charge is 2.51. The summed E-state index contributed by atoms with van der Waals surface area (Å²) in [6.07, 6.45) is 2.44. The van der Waals surface area contributed by atoms with E-state index in [2.05, 4.69) is 6.92 Å². The molecule has 4 heteroatoms. The van der Waals surface area contributed by atoms with Crippen LogP contribution in [0, 0.1) is 5.92 Å². The average molecular weight is 264 g/mol. The number of carbonyl (C=O) groups is 1. The summed E-state index contributed by atoms with van der Waals surface area (Å²) in [6.45, 7) is 2.10. The van der Waals surface area contributed by atoms with Crippen LogP contribution < -0.4 is 9.47 Å². The highest BCUT2D eigenvalue weighted by atomic mass is 16.5. The van der Waals surface area contributed by atoms with Gasteiger partial charge in [-0.1, -0.05) is 19.4 Å². The second-order valence-corrected chi connectivity index (χ2v) is 5.14. The molecule has 1 aliphatic carbocycles. The molecule has 1 aliphatic rings. The first kappa shape index (κ1) is 13.7. The van der Waals surface area contributed by atoms with E-state index in [1.807, 2.05) is 6.07 Å². The van der Waals surface area contributed by atoms with E-state index < -0.39 is 11.4 Å². The summed E-state index contributed by atoms with van der Waals surface area (Å²) in [4.78, 5) is 11.6. The summed E-state index contributed by atoms with van der Waals surface area (Å²) in [5.41, 5.74) is 0.0580. The van der Waals surface area contributed by atoms with Crippen molar-refractivity contribution in [3.63, 3.8) is 0 Å². The molecule has 0 unspecified atom stereocenters. The second kappa shape index (κ2) is 5.11. The predicted octanol–water partition coefficient (Wildman–Crippen LogP) is 2.85. The highest BCUT2D eigenvalue weighted by Crippen LogP contribution is 2.50. The standard InChI is InChI=1S/C15H20O4/c1-4-10-8-15(9-10,14(16)17)11-5-6-12(18-2)13(7-11)19-3/h5-7,10H,4,8-9H2,1-3H3,(H,16,17). The first-order valence-electron chi connectivity index (χ1n) is 6.53. The molecule has 0 bridgehead atoms. The largest absolute Gasteiger partial charge is 0.493 e. The quantitative estimate of drug-likeness (QED) is 0.888. The Balaban J connectivity index is 2.37. The molecule has 4 nitrogen and oxygen atoms in total. The maximum Gasteiger partial charge on any atom is 0.314 e. The molecule has 1 aromatic rings. The monoisotopic (exact) mass is 264 g/mol. The molecule has 1 fully saturated rings. The first-order chi connectivity index (χ1) is 9.07. The lowest BCUT2D eigenvalue weighted by molar-refractivity contribution is -0.149. The summed E-state index contributed by atoms with van der Waals surface area (Å²) in [6, 6.07) is 5.40. The van der Waals surface area contributed by atoms with Gasteiger partial charge in [0.25, 0.3) is 0 Å². The van der Waals surface area contributed by atoms with E-state index in [9.17, 15) is 9.90 Å². The fourth-order valence-corrected chi connectivity index (χ4v) is 2.88. The number of carboxylic acid groups (broad SMARTS) is 1. The van der Waals surface area contributed by atoms with Gasteiger partial charge in [0.05, 0.1) is 19.6 Å². The minimum atomic E-state index is -0.750. The summed E-state index contributed by atoms with van der Waals surface area (Å²) < 4.78 is 10.4. The Kier molecular flexibility index (Phi) is 3.69. The van der Waals surface area contributed by atoms with Gasteiger partial charge in [-0.25, -0.2) is 0 Å². The zero-order valence-electron chi connectivity index (χ0n) is 11.6. The van der Waals surface area contributed by atoms with Gasteiger partial charge in [0.1, 0.15) is 0 Å². The number of hydrogen-bond acceptors (Lipinski definition) is 3. The molecule has 1 aromatic carbocycles. The molecule has 2 rings (SSSR count). The van der Waals surface area contributed by atoms with Crippen LogP contribution >= 0.6 is 0 Å². The van der Waals surface area contributed by atoms with E-state index in [4.69, 9.17) is 9.47 Å². The van der Waals surface area contributed by atoms with E-state index >= 15 is 0 Å². The van der Waals surface area contributed by atoms with E-state index in [1.54, 1.807) is 26.4 Å². The molecule has 19 heavy (non-hydrogen) atoms. The van der Waals surface area contributed by atoms with Gasteiger partial charge in [-0.05, 0) is 36.5 Å². The van der Waals surface area contributed by atoms with Crippen LogP contribution in [-0.4, -0.2) is 25.3 Å². The molecule has 0 aromatic heterocycles. The zero-order valence-corrected chi connectivity index (χ0v) is 11.6. The van der Waals surface area contributed by atoms with Crippen molar-refractivity contribution in [3.05, 3.63) is 23.8 Å². The topological polar surface area (TPSA) is 55.8 Å². The van der Waals surface area contributed by atoms with Crippen LogP contribution in [0.3, 0.4) is 0 Å². The summed E-state index contributed by atoms with van der Waals surface area (Å²) in [5.74, 6) is 0.965. The van der Waals surface area contributed by atoms with Crippen LogP contribution in [0.15, 0.2) is 18.2 Å². The fourth-order valence-electron chi connectivity index (χ4n) is 2.88. The van der Waals surface area contributed by atoms with Crippen LogP contribution in [0.5, 0.6) is 11.5 Å². The summed E-state index contributed by atoms with van der Waals surface area (Å²) in [5, 5.41) is 9.57. The molecule has 0 amide bonds. The number of carboxylic acids is 1. The van der Waals surface area contributed by atoms with Gasteiger partial charge in [0, 0.05) is 0 Å². The van der Waals surface area contributed by atoms with E-state index in [0.717, 1.165) is 12.0 Å². The van der Waals surface area contributed by atoms with Crippen LogP contribution in [0.25, 0.3) is 0 Å². The van der Waals surface area contributed by atoms with Crippen LogP contribution in [0.4, 0.5) is 0 Å². The van der Waals surface area contributed by atoms with Gasteiger partial charge in [0.2, 0.25) is 0 Å². The molecular weight excluding hydrogens is 244 g/mol. The normalized spacial score (nSPS) is 25.5. The Bertz CT molecular complexity index is 475. The van der Waals surface area contributed by atoms with E-state index in [0.29, 0.717) is 30.3 Å². The number of aliphatic carboxylic acids is 1. The third-order valence-corrected chi connectivity index (χ3v) is 4.20. The summed E-state index contributed by atoms with van der Waals surface area (Å²) in [7, 11) is 3.13. The van der Waals surface area contributed by atoms with Crippen molar-refractivity contribution in [3.8, 4) is 11.5 Å². The minimum Gasteiger partial charge on any atom is -0.493 e. The molecule has 0 radical (unpaired) electrons. The Morgan fingerprint density at radius 1 is 1.32 bits per heavy atom. The van der Waals surface area contributed by atoms with Crippen molar-refractivity contribution >= 4 is 5.97 Å². The van der Waals surface area contributed by atoms with Crippen molar-refractivity contribution in [1.29, 1.82) is 0 Å². The van der Waals surface area contributed by atoms with Crippen LogP contribution in [-0.2, 0) is 10.2 Å². The van der Waals surface area contributed by atoms with Crippen molar-refractivity contribution in [2.75, 3.05) is 14.2 Å². The van der Waals surface area contributed by atoms with Gasteiger partial charge in [-0.15, -0.1) is 0 Å². The molecule has 0 spiro atoms. The molecular formula is C15H20O4. The molecule has 0 aliphatic heterocycles. The number of rotatable bonds is 5. The molecule has 0 atom stereocenters. The molecule has 1 N–H and O–H groups in total. The molecule has 1 saturated carbocycles. The van der Waals surface area contributed by atoms with Crippen molar-refractivity contribution in [1.82, 2.24) is 0 Å². The highest BCUT2D eigenvalue weighted by molar-refractivity contribution is 5.83. The zero-order chi connectivity index (χ0) is 14.0. The Morgan fingerprint density at radius 3 is 2.42 bits per heavy atom. The minimum absolute atomic E-state index is 0.504. The second-order valence-electron chi connectivity index (χ2n) is 5.14. The molecule has 0 saturated heterocycles. The maximum absolute atomic E-state index is 11.6. The third-order valence-electron chi connectivity index (χ3n) is 4.20. The number of benzene rings is 1. The fraction of sp³-hybridized carbons (Fsp3) is 0.533. The van der Waals surface area contributed by atoms with Crippen molar-refractivity contribution < 1.29 is 19.4 Å². The van der Waals surface area contributed by atoms with Gasteiger partial charge in [0.15, 0.2) is 11.5 Å². The lowest BCUT2D eigenvalue weighted by Gasteiger charge is -2.44. The Hall–Kier alpha value is -1.71. The van der Waals surface area contributed by atoms with Gasteiger partial charge >= 0.3 is 5.97 Å². The SMILES string of the molecule is CCC1CC(C(=O)O)(c2ccc(OC)c(OC)c2)C1. The number of hydrogen-bond donors (Lipinski definition) is 1. The van der Waals surface area contributed by atoms with Crippen LogP contribution in [0.1, 0.15) is 31.7 Å². The molecule has 0 heterocycles. The first-order valence-corrected chi connectivity index (χ1v) is 6.53. The van der Waals surface area contributed by atoms with E-state index in [1.165, 1.54) is 0 Å².